The van der Waals surface area contributed by atoms with Crippen LogP contribution >= 0.6 is 23.4 Å². The fourth-order valence-electron chi connectivity index (χ4n) is 2.77. The van der Waals surface area contributed by atoms with Crippen molar-refractivity contribution in [1.29, 1.82) is 0 Å². The number of carbonyl (C=O) groups excluding carboxylic acids is 2. The van der Waals surface area contributed by atoms with Crippen molar-refractivity contribution in [2.75, 3.05) is 23.1 Å². The minimum Gasteiger partial charge on any atom is -0.456 e. The van der Waals surface area contributed by atoms with Crippen LogP contribution in [0.25, 0.3) is 0 Å². The van der Waals surface area contributed by atoms with Crippen LogP contribution in [-0.4, -0.2) is 44.9 Å². The number of nitrogens with one attached hydrogen (secondary N) is 2. The molecule has 172 valence electrons. The summed E-state index contributed by atoms with van der Waals surface area (Å²) in [4.78, 5) is 37.5. The minimum atomic E-state index is -0.809. The van der Waals surface area contributed by atoms with Crippen LogP contribution in [0.5, 0.6) is 0 Å². The molecule has 1 heterocycles. The second-order valence-electron chi connectivity index (χ2n) is 6.85. The summed E-state index contributed by atoms with van der Waals surface area (Å²) in [6.07, 6.45) is 2.34. The Morgan fingerprint density at radius 1 is 1.09 bits per heavy atom. The van der Waals surface area contributed by atoms with Crippen LogP contribution in [0.4, 0.5) is 17.6 Å². The van der Waals surface area contributed by atoms with Crippen molar-refractivity contribution >= 4 is 52.8 Å². The molecule has 0 radical (unpaired) electrons. The van der Waals surface area contributed by atoms with Gasteiger partial charge in [-0.1, -0.05) is 29.8 Å². The molecule has 0 fully saturated rings. The fraction of sp³-hybridized carbons (Fsp3) is 0.227. The van der Waals surface area contributed by atoms with Gasteiger partial charge >= 0.3 is 5.97 Å². The highest BCUT2D eigenvalue weighted by Gasteiger charge is 2.23. The lowest BCUT2D eigenvalue weighted by Gasteiger charge is -2.17. The van der Waals surface area contributed by atoms with E-state index in [1.165, 1.54) is 0 Å². The van der Waals surface area contributed by atoms with Gasteiger partial charge in [0.15, 0.2) is 12.4 Å². The summed E-state index contributed by atoms with van der Waals surface area (Å²) in [7, 11) is 0. The molecule has 1 aromatic heterocycles. The topological polar surface area (TPSA) is 132 Å². The number of benzene rings is 2. The number of halogens is 1. The van der Waals surface area contributed by atoms with Gasteiger partial charge in [-0.2, -0.15) is 26.7 Å². The summed E-state index contributed by atoms with van der Waals surface area (Å²) in [6.45, 7) is -0.224. The zero-order chi connectivity index (χ0) is 23.6. The van der Waals surface area contributed by atoms with Crippen molar-refractivity contribution in [2.24, 2.45) is 0 Å². The number of thioether (sulfide) groups is 1. The molecule has 9 nitrogen and oxygen atoms in total. The Bertz CT molecular complexity index is 1090. The molecule has 1 unspecified atom stereocenters. The van der Waals surface area contributed by atoms with Crippen LogP contribution in [0.15, 0.2) is 54.6 Å². The van der Waals surface area contributed by atoms with Crippen molar-refractivity contribution in [1.82, 2.24) is 20.3 Å². The molecule has 1 amide bonds. The third kappa shape index (κ3) is 7.62. The summed E-state index contributed by atoms with van der Waals surface area (Å²) in [6, 6.07) is 14.8. The molecule has 33 heavy (non-hydrogen) atoms. The van der Waals surface area contributed by atoms with Crippen molar-refractivity contribution in [3.63, 3.8) is 0 Å². The maximum absolute atomic E-state index is 12.7. The van der Waals surface area contributed by atoms with Crippen LogP contribution in [0.2, 0.25) is 5.02 Å². The van der Waals surface area contributed by atoms with E-state index in [-0.39, 0.29) is 30.2 Å². The first-order chi connectivity index (χ1) is 15.9. The molecule has 0 aliphatic heterocycles. The standard InChI is InChI=1S/C22H23ClN6O3S/c1-33-12-11-17(26-19(30)14-5-3-2-4-6-14)20(31)32-13-18-27-21(24)29-22(28-18)25-16-9-7-15(23)8-10-16/h2-10,17H,11-13H2,1H3,(H,26,30)(H3,24,25,27,28,29). The van der Waals surface area contributed by atoms with Crippen LogP contribution in [-0.2, 0) is 16.1 Å². The van der Waals surface area contributed by atoms with Gasteiger partial charge in [0, 0.05) is 16.3 Å². The Hall–Kier alpha value is -3.37. The second kappa shape index (κ2) is 12.0. The van der Waals surface area contributed by atoms with Crippen molar-refractivity contribution in [3.05, 3.63) is 71.0 Å². The average Bonchev–Trinajstić information content (AvgIpc) is 2.81. The third-order valence-corrected chi connectivity index (χ3v) is 5.28. The number of nitrogens with zero attached hydrogens (tertiary/aromatic N) is 3. The van der Waals surface area contributed by atoms with Gasteiger partial charge in [0.2, 0.25) is 11.9 Å². The molecule has 0 saturated carbocycles. The minimum absolute atomic E-state index is 0.0242. The van der Waals surface area contributed by atoms with Crippen LogP contribution in [0.1, 0.15) is 22.6 Å². The summed E-state index contributed by atoms with van der Waals surface area (Å²) in [5.74, 6) is 0.0845. The number of ether oxygens (including phenoxy) is 1. The lowest BCUT2D eigenvalue weighted by Crippen LogP contribution is -2.42. The molecule has 3 aromatic rings. The van der Waals surface area contributed by atoms with Gasteiger partial charge < -0.3 is 21.1 Å². The highest BCUT2D eigenvalue weighted by molar-refractivity contribution is 7.98. The molecule has 4 N–H and O–H groups in total. The second-order valence-corrected chi connectivity index (χ2v) is 8.27. The molecule has 0 bridgehead atoms. The summed E-state index contributed by atoms with van der Waals surface area (Å²) >= 11 is 7.46. The Balaban J connectivity index is 1.64. The molecule has 0 saturated heterocycles. The summed E-state index contributed by atoms with van der Waals surface area (Å²) in [5, 5.41) is 6.33. The Morgan fingerprint density at radius 3 is 2.52 bits per heavy atom. The molecule has 0 aliphatic rings. The van der Waals surface area contributed by atoms with E-state index in [4.69, 9.17) is 22.1 Å². The van der Waals surface area contributed by atoms with Crippen molar-refractivity contribution in [2.45, 2.75) is 19.1 Å². The molecule has 2 aromatic carbocycles. The largest absolute Gasteiger partial charge is 0.456 e. The number of hydrogen-bond acceptors (Lipinski definition) is 9. The SMILES string of the molecule is CSCCC(NC(=O)c1ccccc1)C(=O)OCc1nc(N)nc(Nc2ccc(Cl)cc2)n1. The van der Waals surface area contributed by atoms with E-state index in [9.17, 15) is 9.59 Å². The van der Waals surface area contributed by atoms with Crippen LogP contribution in [0, 0.1) is 0 Å². The lowest BCUT2D eigenvalue weighted by molar-refractivity contribution is -0.147. The maximum Gasteiger partial charge on any atom is 0.329 e. The van der Waals surface area contributed by atoms with Gasteiger partial charge in [-0.15, -0.1) is 0 Å². The number of carbonyl (C=O) groups is 2. The summed E-state index contributed by atoms with van der Waals surface area (Å²) < 4.78 is 5.38. The smallest absolute Gasteiger partial charge is 0.329 e. The van der Waals surface area contributed by atoms with Crippen molar-refractivity contribution < 1.29 is 14.3 Å². The zero-order valence-corrected chi connectivity index (χ0v) is 19.4. The van der Waals surface area contributed by atoms with E-state index < -0.39 is 12.0 Å². The number of amides is 1. The first-order valence-electron chi connectivity index (χ1n) is 9.99. The van der Waals surface area contributed by atoms with E-state index in [0.29, 0.717) is 28.4 Å². The predicted octanol–water partition coefficient (Wildman–Crippen LogP) is 3.45. The number of nitrogen functional groups attached to an aromatic ring is 1. The highest BCUT2D eigenvalue weighted by Crippen LogP contribution is 2.17. The lowest BCUT2D eigenvalue weighted by atomic mass is 10.1. The first kappa shape index (κ1) is 24.3. The molecule has 11 heteroatoms. The quantitative estimate of drug-likeness (QED) is 0.368. The molecular weight excluding hydrogens is 464 g/mol. The van der Waals surface area contributed by atoms with Gasteiger partial charge in [0.1, 0.15) is 6.04 Å². The van der Waals surface area contributed by atoms with Gasteiger partial charge in [-0.25, -0.2) is 4.79 Å². The molecule has 0 spiro atoms. The van der Waals surface area contributed by atoms with E-state index in [1.54, 1.807) is 60.3 Å². The predicted molar refractivity (Wildman–Crippen MR) is 129 cm³/mol. The van der Waals surface area contributed by atoms with E-state index in [1.807, 2.05) is 12.3 Å². The molecular formula is C22H23ClN6O3S. The van der Waals surface area contributed by atoms with E-state index in [2.05, 4.69) is 25.6 Å². The Kier molecular flexibility index (Phi) is 8.85. The zero-order valence-electron chi connectivity index (χ0n) is 17.8. The number of hydrogen-bond donors (Lipinski definition) is 3. The monoisotopic (exact) mass is 486 g/mol. The molecule has 1 atom stereocenters. The molecule has 0 aliphatic carbocycles. The normalized spacial score (nSPS) is 11.5. The van der Waals surface area contributed by atoms with Crippen molar-refractivity contribution in [3.8, 4) is 0 Å². The van der Waals surface area contributed by atoms with Gasteiger partial charge in [-0.3, -0.25) is 4.79 Å². The number of nitrogens with two attached hydrogens (primary N) is 1. The number of anilines is 3. The number of esters is 1. The first-order valence-corrected chi connectivity index (χ1v) is 11.8. The fourth-order valence-corrected chi connectivity index (χ4v) is 3.37. The summed E-state index contributed by atoms with van der Waals surface area (Å²) in [5.41, 5.74) is 6.94. The van der Waals surface area contributed by atoms with Crippen LogP contribution < -0.4 is 16.4 Å². The van der Waals surface area contributed by atoms with E-state index >= 15 is 0 Å². The Labute approximate surface area is 200 Å². The number of aromatic nitrogens is 3. The Morgan fingerprint density at radius 2 is 1.82 bits per heavy atom. The maximum atomic E-state index is 12.7. The van der Waals surface area contributed by atoms with E-state index in [0.717, 1.165) is 0 Å². The van der Waals surface area contributed by atoms with Crippen LogP contribution in [0.3, 0.4) is 0 Å². The van der Waals surface area contributed by atoms with Gasteiger partial charge in [0.25, 0.3) is 5.91 Å². The van der Waals surface area contributed by atoms with Gasteiger partial charge in [-0.05, 0) is 54.8 Å². The molecule has 3 rings (SSSR count). The average molecular weight is 487 g/mol. The number of rotatable bonds is 10. The van der Waals surface area contributed by atoms with Gasteiger partial charge in [0.05, 0.1) is 0 Å². The highest BCUT2D eigenvalue weighted by atomic mass is 35.5. The third-order valence-electron chi connectivity index (χ3n) is 4.38.